The van der Waals surface area contributed by atoms with E-state index in [0.29, 0.717) is 32.6 Å². The quantitative estimate of drug-likeness (QED) is 0.272. The number of aromatic amines is 2. The van der Waals surface area contributed by atoms with Gasteiger partial charge in [-0.2, -0.15) is 0 Å². The average molecular weight is 630 g/mol. The molecule has 1 aromatic heterocycles. The molecule has 6 nitrogen and oxygen atoms in total. The number of fused-ring (bicyclic) bond motifs is 6. The molecule has 0 fully saturated rings. The lowest BCUT2D eigenvalue weighted by molar-refractivity contribution is -0.342. The summed E-state index contributed by atoms with van der Waals surface area (Å²) in [5.41, 5.74) is 4.76. The highest BCUT2D eigenvalue weighted by atomic mass is 35.5. The van der Waals surface area contributed by atoms with Crippen molar-refractivity contribution in [2.75, 3.05) is 0 Å². The van der Waals surface area contributed by atoms with Gasteiger partial charge in [0.2, 0.25) is 11.0 Å². The van der Waals surface area contributed by atoms with Crippen LogP contribution in [0.4, 0.5) is 0 Å². The van der Waals surface area contributed by atoms with Crippen LogP contribution < -0.4 is 34.8 Å². The van der Waals surface area contributed by atoms with Crippen LogP contribution in [-0.4, -0.2) is 20.2 Å². The normalized spacial score (nSPS) is 11.2. The van der Waals surface area contributed by atoms with E-state index in [9.17, 15) is 10.2 Å². The molecule has 0 aliphatic rings. The van der Waals surface area contributed by atoms with Crippen LogP contribution in [0, 0.1) is 0 Å². The van der Waals surface area contributed by atoms with E-state index in [1.165, 1.54) is 0 Å². The Morgan fingerprint density at radius 3 is 1.25 bits per heavy atom. The largest absolute Gasteiger partial charge is 1.00 e. The van der Waals surface area contributed by atoms with Gasteiger partial charge in [0, 0.05) is 35.3 Å². The minimum absolute atomic E-state index is 0. The third-order valence-electron chi connectivity index (χ3n) is 7.33. The number of halogens is 2. The maximum absolute atomic E-state index is 11.3. The maximum atomic E-state index is 11.3. The molecule has 5 aromatic rings. The monoisotopic (exact) mass is 628 g/mol. The van der Waals surface area contributed by atoms with Gasteiger partial charge in [0.1, 0.15) is 22.5 Å². The molecule has 44 heavy (non-hydrogen) atoms. The molecule has 0 spiro atoms. The zero-order valence-corrected chi connectivity index (χ0v) is 27.3. The Labute approximate surface area is 270 Å². The summed E-state index contributed by atoms with van der Waals surface area (Å²) in [5, 5.41) is 25.1. The number of phenolic OH excluding ortho intramolecular Hbond substituents is 2. The molecule has 0 radical (unpaired) electrons. The van der Waals surface area contributed by atoms with E-state index < -0.39 is 0 Å². The minimum atomic E-state index is -0.153. The molecule has 0 amide bonds. The zero-order chi connectivity index (χ0) is 30.1. The van der Waals surface area contributed by atoms with Crippen LogP contribution in [0.15, 0.2) is 97.6 Å². The van der Waals surface area contributed by atoms with Crippen LogP contribution in [0.1, 0.15) is 52.7 Å². The number of hydrogen-bond donors (Lipinski definition) is 2. The number of aromatic nitrogens is 4. The summed E-state index contributed by atoms with van der Waals surface area (Å²) < 4.78 is 0. The van der Waals surface area contributed by atoms with Gasteiger partial charge in [-0.3, -0.25) is 0 Å². The lowest BCUT2D eigenvalue weighted by atomic mass is 9.86. The van der Waals surface area contributed by atoms with Gasteiger partial charge >= 0.3 is 0 Å². The molecule has 0 aliphatic heterocycles. The predicted octanol–water partition coefficient (Wildman–Crippen LogP) is 1.54. The number of aromatic hydroxyl groups is 2. The molecule has 1 heterocycles. The summed E-state index contributed by atoms with van der Waals surface area (Å²) in [6.07, 6.45) is 6.97. The first kappa shape index (κ1) is 34.2. The fraction of sp³-hybridized carbons (Fsp3) is 0.222. The van der Waals surface area contributed by atoms with Crippen molar-refractivity contribution in [2.24, 2.45) is 0 Å². The highest BCUT2D eigenvalue weighted by molar-refractivity contribution is 5.82. The van der Waals surface area contributed by atoms with Gasteiger partial charge in [-0.1, -0.05) is 65.8 Å². The molecule has 5 rings (SSSR count). The number of nitrogens with one attached hydrogen (secondary N) is 2. The van der Waals surface area contributed by atoms with Crippen LogP contribution in [0.5, 0.6) is 11.5 Å². The number of H-pyrrole nitrogens is 2. The molecule has 0 saturated carbocycles. The van der Waals surface area contributed by atoms with Crippen molar-refractivity contribution in [3.63, 3.8) is 0 Å². The summed E-state index contributed by atoms with van der Waals surface area (Å²) in [6.45, 7) is 12.9. The molecule has 8 heteroatoms. The molecule has 0 atom stereocenters. The molecule has 4 aromatic carbocycles. The highest BCUT2D eigenvalue weighted by Gasteiger charge is 2.17. The van der Waals surface area contributed by atoms with Crippen molar-refractivity contribution in [2.45, 2.75) is 52.4 Å². The maximum Gasteiger partial charge on any atom is 0.229 e. The number of para-hydroxylation sites is 4. The molecular weight excluding hydrogens is 591 g/mol. The van der Waals surface area contributed by atoms with Crippen molar-refractivity contribution in [3.05, 3.63) is 109 Å². The van der Waals surface area contributed by atoms with Crippen LogP contribution in [0.2, 0.25) is 0 Å². The van der Waals surface area contributed by atoms with Gasteiger partial charge in [-0.05, 0) is 58.4 Å². The molecule has 0 unspecified atom stereocenters. The fourth-order valence-corrected chi connectivity index (χ4v) is 4.65. The van der Waals surface area contributed by atoms with E-state index >= 15 is 0 Å². The standard InChI is InChI=1S/C36H36N4O2.2ClH/c1-35(2,3)27-15-23-19-37-29-11-7-9-13-31(29)39-21-25-17-28(36(4,5)6)18-26(34(25)42)22-40-32-14-10-8-12-30(32)38-20-24(16-27)33(23)41;;/h7-22,41-42H,1-6H3;2*1H. The first-order chi connectivity index (χ1) is 19.9. The lowest BCUT2D eigenvalue weighted by Crippen LogP contribution is -3.00. The second kappa shape index (κ2) is 13.6. The van der Waals surface area contributed by atoms with Crippen LogP contribution in [0.25, 0.3) is 43.6 Å². The molecule has 0 aliphatic carbocycles. The van der Waals surface area contributed by atoms with Crippen molar-refractivity contribution in [3.8, 4) is 11.5 Å². The Morgan fingerprint density at radius 2 is 0.864 bits per heavy atom. The van der Waals surface area contributed by atoms with Crippen molar-refractivity contribution >= 4 is 43.6 Å². The Hall–Kier alpha value is -4.26. The Kier molecular flexibility index (Phi) is 10.6. The Bertz CT molecular complexity index is 1730. The highest BCUT2D eigenvalue weighted by Crippen LogP contribution is 2.32. The van der Waals surface area contributed by atoms with Crippen LogP contribution >= 0.6 is 0 Å². The first-order valence-corrected chi connectivity index (χ1v) is 14.1. The molecule has 0 saturated heterocycles. The third-order valence-corrected chi connectivity index (χ3v) is 7.33. The number of rotatable bonds is 0. The Morgan fingerprint density at radius 1 is 0.523 bits per heavy atom. The van der Waals surface area contributed by atoms with E-state index in [0.717, 1.165) is 22.2 Å². The Balaban J connectivity index is 0.00000264. The topological polar surface area (TPSA) is 94.5 Å². The van der Waals surface area contributed by atoms with Crippen molar-refractivity contribution in [1.29, 1.82) is 0 Å². The van der Waals surface area contributed by atoms with Gasteiger partial charge in [-0.25, -0.2) is 19.9 Å². The average Bonchev–Trinajstić information content (AvgIpc) is 2.94. The van der Waals surface area contributed by atoms with Gasteiger partial charge < -0.3 is 35.0 Å². The summed E-state index contributed by atoms with van der Waals surface area (Å²) in [6, 6.07) is 23.3. The summed E-state index contributed by atoms with van der Waals surface area (Å²) in [7, 11) is 0. The van der Waals surface area contributed by atoms with Gasteiger partial charge in [0.15, 0.2) is 12.4 Å². The molecular formula is C36H38Cl2N4O2. The van der Waals surface area contributed by atoms with E-state index in [1.807, 2.05) is 72.8 Å². The van der Waals surface area contributed by atoms with Crippen molar-refractivity contribution in [1.82, 2.24) is 9.97 Å². The fourth-order valence-electron chi connectivity index (χ4n) is 4.65. The molecule has 4 N–H and O–H groups in total. The van der Waals surface area contributed by atoms with Gasteiger partial charge in [-0.15, -0.1) is 0 Å². The number of benzene rings is 4. The predicted molar refractivity (Wildman–Crippen MR) is 170 cm³/mol. The van der Waals surface area contributed by atoms with Gasteiger partial charge in [0.25, 0.3) is 0 Å². The zero-order valence-electron chi connectivity index (χ0n) is 25.8. The first-order valence-electron chi connectivity index (χ1n) is 14.1. The van der Waals surface area contributed by atoms with E-state index in [2.05, 4.69) is 51.5 Å². The second-order valence-electron chi connectivity index (χ2n) is 12.6. The number of phenols is 2. The summed E-state index contributed by atoms with van der Waals surface area (Å²) in [5.74, 6) is 0.265. The lowest BCUT2D eigenvalue weighted by Gasteiger charge is -2.19. The van der Waals surface area contributed by atoms with E-state index in [-0.39, 0.29) is 47.1 Å². The van der Waals surface area contributed by atoms with E-state index in [1.54, 1.807) is 24.8 Å². The molecule has 228 valence electrons. The van der Waals surface area contributed by atoms with Crippen molar-refractivity contribution < 1.29 is 45.0 Å². The molecule has 4 bridgehead atoms. The van der Waals surface area contributed by atoms with Gasteiger partial charge in [0.05, 0.1) is 10.8 Å². The second-order valence-corrected chi connectivity index (χ2v) is 12.6. The third kappa shape index (κ3) is 7.62. The SMILES string of the molecule is CC(C)(C)c1cc2cnc3ccccc3[nH+]cc3cc(C(C)(C)C)cc(c[nH+]c4ccccc4ncc(c1)c2O)c3O.[Cl-].[Cl-]. The van der Waals surface area contributed by atoms with Crippen LogP contribution in [-0.2, 0) is 10.8 Å². The van der Waals surface area contributed by atoms with Crippen LogP contribution in [0.3, 0.4) is 0 Å². The number of nitrogens with zero attached hydrogens (tertiary/aromatic N) is 2. The smallest absolute Gasteiger partial charge is 0.229 e. The van der Waals surface area contributed by atoms with E-state index in [4.69, 9.17) is 9.97 Å². The number of hydrogen-bond acceptors (Lipinski definition) is 4. The summed E-state index contributed by atoms with van der Waals surface area (Å²) in [4.78, 5) is 16.2. The minimum Gasteiger partial charge on any atom is -1.00 e. The summed E-state index contributed by atoms with van der Waals surface area (Å²) >= 11 is 0.